The zero-order chi connectivity index (χ0) is 15.4. The quantitative estimate of drug-likeness (QED) is 0.866. The monoisotopic (exact) mass is 357 g/mol. The van der Waals surface area contributed by atoms with Crippen LogP contribution in [0.15, 0.2) is 16.6 Å². The second-order valence-corrected chi connectivity index (χ2v) is 6.28. The summed E-state index contributed by atoms with van der Waals surface area (Å²) in [7, 11) is 5.45. The first kappa shape index (κ1) is 16.5. The zero-order valence-electron chi connectivity index (χ0n) is 12.9. The van der Waals surface area contributed by atoms with Crippen LogP contribution in [0.25, 0.3) is 0 Å². The minimum Gasteiger partial charge on any atom is -0.493 e. The first-order valence-electron chi connectivity index (χ1n) is 7.12. The highest BCUT2D eigenvalue weighted by Crippen LogP contribution is 2.34. The van der Waals surface area contributed by atoms with Crippen LogP contribution in [0, 0.1) is 0 Å². The molecule has 1 unspecified atom stereocenters. The molecule has 6 heteroatoms. The second-order valence-electron chi connectivity index (χ2n) is 5.42. The van der Waals surface area contributed by atoms with Gasteiger partial charge in [-0.3, -0.25) is 4.90 Å². The molecule has 1 aromatic rings. The van der Waals surface area contributed by atoms with Gasteiger partial charge >= 0.3 is 0 Å². The highest BCUT2D eigenvalue weighted by Gasteiger charge is 2.25. The number of nitrogens with zero attached hydrogens (tertiary/aromatic N) is 2. The van der Waals surface area contributed by atoms with Crippen molar-refractivity contribution >= 4 is 15.9 Å². The van der Waals surface area contributed by atoms with Crippen LogP contribution in [0.1, 0.15) is 5.56 Å². The Balaban J connectivity index is 2.18. The summed E-state index contributed by atoms with van der Waals surface area (Å²) in [6.07, 6.45) is 0. The number of methoxy groups -OCH3 is 2. The third-order valence-electron chi connectivity index (χ3n) is 4.01. The van der Waals surface area contributed by atoms with Gasteiger partial charge in [-0.05, 0) is 24.7 Å². The van der Waals surface area contributed by atoms with Crippen molar-refractivity contribution in [2.45, 2.75) is 12.6 Å². The third-order valence-corrected chi connectivity index (χ3v) is 4.74. The SMILES string of the molecule is COc1cc(Br)c(CN2CCN(C)CC2CN)cc1OC. The lowest BCUT2D eigenvalue weighted by atomic mass is 10.1. The van der Waals surface area contributed by atoms with Gasteiger partial charge in [0.2, 0.25) is 0 Å². The Morgan fingerprint density at radius 2 is 1.90 bits per heavy atom. The minimum atomic E-state index is 0.392. The number of hydrogen-bond donors (Lipinski definition) is 1. The first-order chi connectivity index (χ1) is 10.1. The van der Waals surface area contributed by atoms with E-state index in [-0.39, 0.29) is 0 Å². The molecule has 0 radical (unpaired) electrons. The number of piperazine rings is 1. The van der Waals surface area contributed by atoms with E-state index in [1.807, 2.05) is 12.1 Å². The van der Waals surface area contributed by atoms with Crippen molar-refractivity contribution in [2.24, 2.45) is 5.73 Å². The smallest absolute Gasteiger partial charge is 0.161 e. The standard InChI is InChI=1S/C15H24BrN3O2/c1-18-4-5-19(12(8-17)10-18)9-11-6-14(20-2)15(21-3)7-13(11)16/h6-7,12H,4-5,8-10,17H2,1-3H3. The number of rotatable bonds is 5. The number of benzene rings is 1. The maximum atomic E-state index is 5.92. The molecule has 1 atom stereocenters. The second kappa shape index (κ2) is 7.45. The summed E-state index contributed by atoms with van der Waals surface area (Å²) in [5, 5.41) is 0. The molecule has 21 heavy (non-hydrogen) atoms. The van der Waals surface area contributed by atoms with Crippen LogP contribution >= 0.6 is 15.9 Å². The summed E-state index contributed by atoms with van der Waals surface area (Å²) >= 11 is 3.63. The molecule has 1 fully saturated rings. The summed E-state index contributed by atoms with van der Waals surface area (Å²) < 4.78 is 11.8. The summed E-state index contributed by atoms with van der Waals surface area (Å²) in [4.78, 5) is 4.77. The fourth-order valence-electron chi connectivity index (χ4n) is 2.72. The Bertz CT molecular complexity index is 484. The van der Waals surface area contributed by atoms with E-state index >= 15 is 0 Å². The van der Waals surface area contributed by atoms with Crippen molar-refractivity contribution in [3.8, 4) is 11.5 Å². The van der Waals surface area contributed by atoms with Gasteiger partial charge in [-0.15, -0.1) is 0 Å². The van der Waals surface area contributed by atoms with Crippen molar-refractivity contribution < 1.29 is 9.47 Å². The van der Waals surface area contributed by atoms with E-state index in [1.165, 1.54) is 5.56 Å². The van der Waals surface area contributed by atoms with Crippen LogP contribution in [0.4, 0.5) is 0 Å². The van der Waals surface area contributed by atoms with Crippen LogP contribution < -0.4 is 15.2 Å². The Hall–Kier alpha value is -0.820. The van der Waals surface area contributed by atoms with Crippen LogP contribution in [-0.2, 0) is 6.54 Å². The predicted octanol–water partition coefficient (Wildman–Crippen LogP) is 1.54. The molecule has 0 aliphatic carbocycles. The van der Waals surface area contributed by atoms with Crippen molar-refractivity contribution in [3.05, 3.63) is 22.2 Å². The van der Waals surface area contributed by atoms with Crippen molar-refractivity contribution in [1.82, 2.24) is 9.80 Å². The number of ether oxygens (including phenoxy) is 2. The summed E-state index contributed by atoms with van der Waals surface area (Å²) in [5.74, 6) is 1.50. The van der Waals surface area contributed by atoms with Gasteiger partial charge in [0.1, 0.15) is 0 Å². The first-order valence-corrected chi connectivity index (χ1v) is 7.91. The van der Waals surface area contributed by atoms with E-state index in [9.17, 15) is 0 Å². The van der Waals surface area contributed by atoms with Crippen LogP contribution in [0.2, 0.25) is 0 Å². The Morgan fingerprint density at radius 1 is 1.24 bits per heavy atom. The molecular weight excluding hydrogens is 334 g/mol. The Kier molecular flexibility index (Phi) is 5.87. The molecule has 0 amide bonds. The molecule has 1 saturated heterocycles. The van der Waals surface area contributed by atoms with Crippen molar-refractivity contribution in [3.63, 3.8) is 0 Å². The van der Waals surface area contributed by atoms with Gasteiger partial charge in [-0.1, -0.05) is 15.9 Å². The van der Waals surface area contributed by atoms with Crippen LogP contribution in [0.3, 0.4) is 0 Å². The minimum absolute atomic E-state index is 0.392. The van der Waals surface area contributed by atoms with E-state index in [4.69, 9.17) is 15.2 Å². The molecule has 0 spiro atoms. The lowest BCUT2D eigenvalue weighted by Gasteiger charge is -2.39. The van der Waals surface area contributed by atoms with Crippen molar-refractivity contribution in [1.29, 1.82) is 0 Å². The van der Waals surface area contributed by atoms with E-state index < -0.39 is 0 Å². The molecule has 2 rings (SSSR count). The summed E-state index contributed by atoms with van der Waals surface area (Å²) in [6.45, 7) is 4.65. The zero-order valence-corrected chi connectivity index (χ0v) is 14.5. The van der Waals surface area contributed by atoms with Gasteiger partial charge in [0.15, 0.2) is 11.5 Å². The third kappa shape index (κ3) is 3.88. The Labute approximate surface area is 135 Å². The number of hydrogen-bond acceptors (Lipinski definition) is 5. The number of likely N-dealkylation sites (N-methyl/N-ethyl adjacent to an activating group) is 1. The van der Waals surface area contributed by atoms with E-state index in [0.29, 0.717) is 12.6 Å². The van der Waals surface area contributed by atoms with E-state index in [1.54, 1.807) is 14.2 Å². The van der Waals surface area contributed by atoms with E-state index in [0.717, 1.165) is 42.2 Å². The largest absolute Gasteiger partial charge is 0.493 e. The molecule has 1 heterocycles. The molecule has 5 nitrogen and oxygen atoms in total. The van der Waals surface area contributed by atoms with Crippen LogP contribution in [0.5, 0.6) is 11.5 Å². The lowest BCUT2D eigenvalue weighted by Crippen LogP contribution is -2.54. The topological polar surface area (TPSA) is 51.0 Å². The lowest BCUT2D eigenvalue weighted by molar-refractivity contribution is 0.0878. The maximum Gasteiger partial charge on any atom is 0.161 e. The highest BCUT2D eigenvalue weighted by atomic mass is 79.9. The van der Waals surface area contributed by atoms with Gasteiger partial charge in [0.25, 0.3) is 0 Å². The molecule has 0 aromatic heterocycles. The molecule has 2 N–H and O–H groups in total. The highest BCUT2D eigenvalue weighted by molar-refractivity contribution is 9.10. The molecule has 0 saturated carbocycles. The van der Waals surface area contributed by atoms with Crippen molar-refractivity contribution in [2.75, 3.05) is 47.4 Å². The van der Waals surface area contributed by atoms with Gasteiger partial charge in [-0.2, -0.15) is 0 Å². The molecule has 1 aliphatic heterocycles. The maximum absolute atomic E-state index is 5.92. The summed E-state index contributed by atoms with van der Waals surface area (Å²) in [6, 6.07) is 4.39. The molecule has 0 bridgehead atoms. The van der Waals surface area contributed by atoms with Gasteiger partial charge in [0, 0.05) is 43.2 Å². The van der Waals surface area contributed by atoms with Gasteiger partial charge < -0.3 is 20.1 Å². The summed E-state index contributed by atoms with van der Waals surface area (Å²) in [5.41, 5.74) is 7.11. The van der Waals surface area contributed by atoms with Crippen LogP contribution in [-0.4, -0.2) is 63.3 Å². The molecule has 118 valence electrons. The average Bonchev–Trinajstić information content (AvgIpc) is 2.50. The average molecular weight is 358 g/mol. The molecule has 1 aliphatic rings. The molecule has 1 aromatic carbocycles. The fourth-order valence-corrected chi connectivity index (χ4v) is 3.16. The normalized spacial score (nSPS) is 20.5. The number of halogens is 1. The molecular formula is C15H24BrN3O2. The van der Waals surface area contributed by atoms with Gasteiger partial charge in [0.05, 0.1) is 14.2 Å². The Morgan fingerprint density at radius 3 is 2.52 bits per heavy atom. The fraction of sp³-hybridized carbons (Fsp3) is 0.600. The van der Waals surface area contributed by atoms with Gasteiger partial charge in [-0.25, -0.2) is 0 Å². The predicted molar refractivity (Wildman–Crippen MR) is 88.0 cm³/mol. The number of nitrogens with two attached hydrogens (primary N) is 1. The van der Waals surface area contributed by atoms with E-state index in [2.05, 4.69) is 32.8 Å².